The highest BCUT2D eigenvalue weighted by atomic mass is 35.5. The Balaban J connectivity index is 2.90. The lowest BCUT2D eigenvalue weighted by Crippen LogP contribution is -2.07. The summed E-state index contributed by atoms with van der Waals surface area (Å²) in [5.74, 6) is -0.491. The van der Waals surface area contributed by atoms with Gasteiger partial charge < -0.3 is 4.74 Å². The number of ether oxygens (including phenoxy) is 1. The lowest BCUT2D eigenvalue weighted by Gasteiger charge is -2.10. The van der Waals surface area contributed by atoms with Crippen molar-refractivity contribution in [3.8, 4) is 0 Å². The summed E-state index contributed by atoms with van der Waals surface area (Å²) in [4.78, 5) is 11.1. The summed E-state index contributed by atoms with van der Waals surface area (Å²) >= 11 is 5.67. The molecule has 0 aliphatic carbocycles. The average Bonchev–Trinajstić information content (AvgIpc) is 2.27. The van der Waals surface area contributed by atoms with Crippen LogP contribution in [0.15, 0.2) is 24.3 Å². The van der Waals surface area contributed by atoms with Crippen LogP contribution in [0.4, 0.5) is 13.2 Å². The fourth-order valence-corrected chi connectivity index (χ4v) is 1.61. The molecule has 0 saturated carbocycles. The summed E-state index contributed by atoms with van der Waals surface area (Å²) in [5, 5.41) is 0.198. The van der Waals surface area contributed by atoms with Crippen LogP contribution in [0.5, 0.6) is 0 Å². The lowest BCUT2D eigenvalue weighted by atomic mass is 10.1. The van der Waals surface area contributed by atoms with E-state index in [4.69, 9.17) is 11.6 Å². The van der Waals surface area contributed by atoms with Crippen molar-refractivity contribution >= 4 is 23.6 Å². The quantitative estimate of drug-likeness (QED) is 0.772. The van der Waals surface area contributed by atoms with Gasteiger partial charge >= 0.3 is 12.1 Å². The number of alkyl halides is 3. The molecule has 0 bridgehead atoms. The third kappa shape index (κ3) is 4.95. The number of hydrogen-bond donors (Lipinski definition) is 0. The number of carbonyl (C=O) groups excluding carboxylic acids is 1. The van der Waals surface area contributed by atoms with Crippen LogP contribution in [0.3, 0.4) is 0 Å². The standard InChI is InChI=1S/C13H12ClF3O2/c1-2-19-12(18)5-3-4-9-8-10(14)6-7-11(9)13(15,16)17/h3-4,6-8H,2,5H2,1H3. The van der Waals surface area contributed by atoms with Gasteiger partial charge in [-0.25, -0.2) is 0 Å². The Labute approximate surface area is 113 Å². The first kappa shape index (κ1) is 15.6. The van der Waals surface area contributed by atoms with Crippen LogP contribution in [0.2, 0.25) is 5.02 Å². The molecule has 0 aromatic heterocycles. The van der Waals surface area contributed by atoms with E-state index in [2.05, 4.69) is 4.74 Å². The highest BCUT2D eigenvalue weighted by Crippen LogP contribution is 2.33. The third-order valence-corrected chi connectivity index (χ3v) is 2.44. The summed E-state index contributed by atoms with van der Waals surface area (Å²) in [6.07, 6.45) is -2.02. The van der Waals surface area contributed by atoms with Gasteiger partial charge in [0.1, 0.15) is 0 Å². The fraction of sp³-hybridized carbons (Fsp3) is 0.308. The molecule has 0 unspecified atom stereocenters. The number of benzene rings is 1. The molecule has 0 fully saturated rings. The number of carbonyl (C=O) groups is 1. The molecule has 1 aromatic carbocycles. The second kappa shape index (κ2) is 6.61. The second-order valence-corrected chi connectivity index (χ2v) is 4.08. The number of halogens is 4. The minimum atomic E-state index is -4.46. The number of hydrogen-bond acceptors (Lipinski definition) is 2. The topological polar surface area (TPSA) is 26.3 Å². The lowest BCUT2D eigenvalue weighted by molar-refractivity contribution is -0.142. The summed E-state index contributed by atoms with van der Waals surface area (Å²) in [7, 11) is 0. The van der Waals surface area contributed by atoms with Crippen LogP contribution in [0.25, 0.3) is 6.08 Å². The van der Waals surface area contributed by atoms with Crippen LogP contribution >= 0.6 is 11.6 Å². The predicted molar refractivity (Wildman–Crippen MR) is 66.7 cm³/mol. The van der Waals surface area contributed by atoms with Gasteiger partial charge in [-0.2, -0.15) is 13.2 Å². The van der Waals surface area contributed by atoms with Crippen molar-refractivity contribution in [2.75, 3.05) is 6.61 Å². The molecule has 0 spiro atoms. The summed E-state index contributed by atoms with van der Waals surface area (Å²) in [6, 6.07) is 3.28. The molecular formula is C13H12ClF3O2. The molecule has 104 valence electrons. The zero-order valence-corrected chi connectivity index (χ0v) is 10.9. The highest BCUT2D eigenvalue weighted by Gasteiger charge is 2.32. The highest BCUT2D eigenvalue weighted by molar-refractivity contribution is 6.30. The molecule has 0 saturated heterocycles. The normalized spacial score (nSPS) is 11.8. The van der Waals surface area contributed by atoms with Crippen molar-refractivity contribution in [1.29, 1.82) is 0 Å². The first-order chi connectivity index (χ1) is 8.84. The number of esters is 1. The Morgan fingerprint density at radius 1 is 1.42 bits per heavy atom. The minimum Gasteiger partial charge on any atom is -0.466 e. The summed E-state index contributed by atoms with van der Waals surface area (Å²) in [5.41, 5.74) is -0.874. The molecule has 0 atom stereocenters. The van der Waals surface area contributed by atoms with Gasteiger partial charge in [-0.15, -0.1) is 0 Å². The van der Waals surface area contributed by atoms with Crippen molar-refractivity contribution in [3.63, 3.8) is 0 Å². The van der Waals surface area contributed by atoms with Gasteiger partial charge in [0.25, 0.3) is 0 Å². The van der Waals surface area contributed by atoms with E-state index in [0.29, 0.717) is 0 Å². The molecule has 0 radical (unpaired) electrons. The van der Waals surface area contributed by atoms with E-state index in [9.17, 15) is 18.0 Å². The molecule has 0 amide bonds. The van der Waals surface area contributed by atoms with Crippen LogP contribution in [0.1, 0.15) is 24.5 Å². The molecule has 0 aliphatic rings. The average molecular weight is 293 g/mol. The fourth-order valence-electron chi connectivity index (χ4n) is 1.43. The van der Waals surface area contributed by atoms with Crippen LogP contribution in [0, 0.1) is 0 Å². The van der Waals surface area contributed by atoms with Gasteiger partial charge in [0, 0.05) is 5.02 Å². The van der Waals surface area contributed by atoms with Crippen molar-refractivity contribution in [1.82, 2.24) is 0 Å². The van der Waals surface area contributed by atoms with Gasteiger partial charge in [-0.3, -0.25) is 4.79 Å². The van der Waals surface area contributed by atoms with E-state index >= 15 is 0 Å². The molecule has 1 rings (SSSR count). The van der Waals surface area contributed by atoms with Gasteiger partial charge in [0.2, 0.25) is 0 Å². The van der Waals surface area contributed by atoms with E-state index in [0.717, 1.165) is 6.07 Å². The Bertz CT molecular complexity index is 481. The monoisotopic (exact) mass is 292 g/mol. The van der Waals surface area contributed by atoms with Crippen LogP contribution in [-0.2, 0) is 15.7 Å². The van der Waals surface area contributed by atoms with E-state index in [-0.39, 0.29) is 23.6 Å². The maximum atomic E-state index is 12.7. The van der Waals surface area contributed by atoms with Crippen molar-refractivity contribution in [2.45, 2.75) is 19.5 Å². The maximum Gasteiger partial charge on any atom is 0.416 e. The molecule has 0 heterocycles. The Morgan fingerprint density at radius 2 is 2.11 bits per heavy atom. The Morgan fingerprint density at radius 3 is 2.68 bits per heavy atom. The van der Waals surface area contributed by atoms with Gasteiger partial charge in [0.05, 0.1) is 18.6 Å². The molecule has 19 heavy (non-hydrogen) atoms. The van der Waals surface area contributed by atoms with E-state index < -0.39 is 17.7 Å². The smallest absolute Gasteiger partial charge is 0.416 e. The minimum absolute atomic E-state index is 0.0794. The van der Waals surface area contributed by atoms with Gasteiger partial charge in [-0.05, 0) is 30.7 Å². The van der Waals surface area contributed by atoms with Crippen molar-refractivity contribution in [3.05, 3.63) is 40.4 Å². The summed E-state index contributed by atoms with van der Waals surface area (Å²) < 4.78 is 42.8. The maximum absolute atomic E-state index is 12.7. The molecule has 2 nitrogen and oxygen atoms in total. The molecule has 1 aromatic rings. The zero-order chi connectivity index (χ0) is 14.5. The SMILES string of the molecule is CCOC(=O)CC=Cc1cc(Cl)ccc1C(F)(F)F. The predicted octanol–water partition coefficient (Wildman–Crippen LogP) is 4.33. The van der Waals surface area contributed by atoms with Crippen LogP contribution in [-0.4, -0.2) is 12.6 Å². The number of rotatable bonds is 4. The van der Waals surface area contributed by atoms with Gasteiger partial charge in [0.15, 0.2) is 0 Å². The first-order valence-electron chi connectivity index (χ1n) is 5.53. The van der Waals surface area contributed by atoms with Crippen molar-refractivity contribution < 1.29 is 22.7 Å². The summed E-state index contributed by atoms with van der Waals surface area (Å²) in [6.45, 7) is 1.89. The van der Waals surface area contributed by atoms with Gasteiger partial charge in [-0.1, -0.05) is 23.8 Å². The van der Waals surface area contributed by atoms with E-state index in [1.807, 2.05) is 0 Å². The molecule has 6 heteroatoms. The largest absolute Gasteiger partial charge is 0.466 e. The second-order valence-electron chi connectivity index (χ2n) is 3.64. The van der Waals surface area contributed by atoms with E-state index in [1.165, 1.54) is 24.3 Å². The van der Waals surface area contributed by atoms with Crippen molar-refractivity contribution in [2.24, 2.45) is 0 Å². The molecule has 0 aliphatic heterocycles. The molecule has 0 N–H and O–H groups in total. The Kier molecular flexibility index (Phi) is 5.42. The molecular weight excluding hydrogens is 281 g/mol. The first-order valence-corrected chi connectivity index (χ1v) is 5.91. The third-order valence-electron chi connectivity index (χ3n) is 2.21. The van der Waals surface area contributed by atoms with E-state index in [1.54, 1.807) is 6.92 Å². The van der Waals surface area contributed by atoms with Crippen LogP contribution < -0.4 is 0 Å². The zero-order valence-electron chi connectivity index (χ0n) is 10.1. The Hall–Kier alpha value is -1.49.